The Labute approximate surface area is 145 Å². The Bertz CT molecular complexity index is 841. The van der Waals surface area contributed by atoms with Crippen LogP contribution < -0.4 is 4.74 Å². The highest BCUT2D eigenvalue weighted by atomic mass is 32.3. The van der Waals surface area contributed by atoms with E-state index in [0.29, 0.717) is 5.56 Å². The van der Waals surface area contributed by atoms with E-state index in [0.717, 1.165) is 19.2 Å². The predicted molar refractivity (Wildman–Crippen MR) is 80.5 cm³/mol. The first-order valence-corrected chi connectivity index (χ1v) is 9.58. The van der Waals surface area contributed by atoms with Gasteiger partial charge in [-0.25, -0.2) is 16.8 Å². The van der Waals surface area contributed by atoms with E-state index in [1.165, 1.54) is 12.1 Å². The summed E-state index contributed by atoms with van der Waals surface area (Å²) in [5.41, 5.74) is -12.5. The molecule has 0 radical (unpaired) electrons. The number of methoxy groups -OCH3 is 1. The van der Waals surface area contributed by atoms with E-state index in [2.05, 4.69) is 6.58 Å². The largest absolute Gasteiger partial charge is 0.498 e. The van der Waals surface area contributed by atoms with Gasteiger partial charge in [0.25, 0.3) is 19.7 Å². The van der Waals surface area contributed by atoms with Crippen molar-refractivity contribution in [1.29, 1.82) is 0 Å². The van der Waals surface area contributed by atoms with Crippen LogP contribution in [0.3, 0.4) is 0 Å². The van der Waals surface area contributed by atoms with Crippen LogP contribution >= 0.6 is 0 Å². The molecule has 13 heteroatoms. The van der Waals surface area contributed by atoms with Crippen molar-refractivity contribution >= 4 is 25.8 Å². The van der Waals surface area contributed by atoms with E-state index in [9.17, 15) is 43.2 Å². The molecule has 0 fully saturated rings. The monoisotopic (exact) mass is 426 g/mol. The molecule has 0 aliphatic carbocycles. The minimum absolute atomic E-state index is 0.0370. The number of rotatable bonds is 6. The van der Waals surface area contributed by atoms with Gasteiger partial charge in [0.1, 0.15) is 5.75 Å². The van der Waals surface area contributed by atoms with Crippen molar-refractivity contribution in [2.75, 3.05) is 7.11 Å². The topological polar surface area (TPSA) is 77.5 Å². The summed E-state index contributed by atoms with van der Waals surface area (Å²) in [5.74, 6) is -0.0370. The average Bonchev–Trinajstić information content (AvgIpc) is 2.49. The van der Waals surface area contributed by atoms with Crippen LogP contribution in [0.5, 0.6) is 5.75 Å². The second-order valence-electron chi connectivity index (χ2n) is 4.90. The Kier molecular flexibility index (Phi) is 6.08. The first-order valence-electron chi connectivity index (χ1n) is 6.49. The number of sulfone groups is 2. The lowest BCUT2D eigenvalue weighted by Crippen LogP contribution is -2.46. The molecule has 1 rings (SSSR count). The van der Waals surface area contributed by atoms with Gasteiger partial charge in [0.2, 0.25) is 0 Å². The van der Waals surface area contributed by atoms with Crippen LogP contribution in [0.2, 0.25) is 0 Å². The molecule has 0 aliphatic rings. The summed E-state index contributed by atoms with van der Waals surface area (Å²) in [6.07, 6.45) is -0.309. The van der Waals surface area contributed by atoms with Crippen molar-refractivity contribution in [3.63, 3.8) is 0 Å². The predicted octanol–water partition coefficient (Wildman–Crippen LogP) is 3.08. The fourth-order valence-corrected chi connectivity index (χ4v) is 5.34. The van der Waals surface area contributed by atoms with Gasteiger partial charge in [-0.15, -0.1) is 0 Å². The summed E-state index contributed by atoms with van der Waals surface area (Å²) < 4.78 is 123. The van der Waals surface area contributed by atoms with Gasteiger partial charge < -0.3 is 4.74 Å². The molecule has 0 saturated heterocycles. The van der Waals surface area contributed by atoms with Gasteiger partial charge in [-0.3, -0.25) is 0 Å². The Morgan fingerprint density at radius 2 is 1.50 bits per heavy atom. The smallest absolute Gasteiger partial charge is 0.496 e. The van der Waals surface area contributed by atoms with Crippen molar-refractivity contribution < 1.29 is 47.9 Å². The molecule has 1 aromatic carbocycles. The number of alkyl halides is 6. The number of hydrogen-bond acceptors (Lipinski definition) is 5. The van der Waals surface area contributed by atoms with E-state index in [1.54, 1.807) is 0 Å². The third-order valence-corrected chi connectivity index (χ3v) is 7.79. The molecule has 148 valence electrons. The average molecular weight is 426 g/mol. The van der Waals surface area contributed by atoms with Gasteiger partial charge in [0.05, 0.1) is 7.11 Å². The number of ether oxygens (including phenoxy) is 1. The zero-order valence-electron chi connectivity index (χ0n) is 12.9. The Hall–Kier alpha value is -1.76. The van der Waals surface area contributed by atoms with E-state index < -0.39 is 47.3 Å². The number of benzene rings is 1. The first kappa shape index (κ1) is 22.3. The lowest BCUT2D eigenvalue weighted by molar-refractivity contribution is -0.0471. The van der Waals surface area contributed by atoms with Crippen LogP contribution in [0.25, 0.3) is 6.08 Å². The molecule has 0 N–H and O–H groups in total. The molecule has 0 unspecified atom stereocenters. The fraction of sp³-hybridized carbons (Fsp3) is 0.385. The third-order valence-electron chi connectivity index (χ3n) is 3.26. The van der Waals surface area contributed by atoms with Gasteiger partial charge in [-0.1, -0.05) is 24.8 Å². The summed E-state index contributed by atoms with van der Waals surface area (Å²) in [6.45, 7) is 3.40. The lowest BCUT2D eigenvalue weighted by Gasteiger charge is -2.21. The van der Waals surface area contributed by atoms with Crippen LogP contribution in [-0.4, -0.2) is 39.5 Å². The lowest BCUT2D eigenvalue weighted by atomic mass is 10.1. The molecule has 0 aromatic heterocycles. The van der Waals surface area contributed by atoms with E-state index in [1.807, 2.05) is 0 Å². The molecule has 0 bridgehead atoms. The Balaban J connectivity index is 3.58. The molecule has 26 heavy (non-hydrogen) atoms. The second kappa shape index (κ2) is 7.10. The molecule has 0 saturated carbocycles. The highest BCUT2D eigenvalue weighted by molar-refractivity contribution is 8.09. The summed E-state index contributed by atoms with van der Waals surface area (Å²) in [7, 11) is -12.2. The van der Waals surface area contributed by atoms with E-state index >= 15 is 0 Å². The first-order chi connectivity index (χ1) is 11.6. The Morgan fingerprint density at radius 3 is 1.85 bits per heavy atom. The molecule has 0 heterocycles. The van der Waals surface area contributed by atoms with Gasteiger partial charge in [-0.2, -0.15) is 26.3 Å². The maximum Gasteiger partial charge on any atom is 0.498 e. The summed E-state index contributed by atoms with van der Waals surface area (Å²) in [5, 5.41) is 0. The molecular formula is C13H12F6O5S2. The molecular weight excluding hydrogens is 414 g/mol. The number of hydrogen-bond donors (Lipinski definition) is 0. The zero-order chi connectivity index (χ0) is 20.6. The molecule has 0 aliphatic heterocycles. The normalized spacial score (nSPS) is 13.7. The molecule has 5 nitrogen and oxygen atoms in total. The van der Waals surface area contributed by atoms with Gasteiger partial charge in [-0.05, 0) is 11.6 Å². The van der Waals surface area contributed by atoms with Gasteiger partial charge in [0.15, 0.2) is 4.58 Å². The molecule has 0 atom stereocenters. The summed E-state index contributed by atoms with van der Waals surface area (Å²) in [6, 6.07) is 3.09. The maximum atomic E-state index is 12.7. The van der Waals surface area contributed by atoms with Crippen LogP contribution in [0.1, 0.15) is 11.1 Å². The highest BCUT2D eigenvalue weighted by Gasteiger charge is 2.62. The zero-order valence-corrected chi connectivity index (χ0v) is 14.6. The minimum Gasteiger partial charge on any atom is -0.496 e. The van der Waals surface area contributed by atoms with Crippen molar-refractivity contribution in [2.24, 2.45) is 0 Å². The van der Waals surface area contributed by atoms with Gasteiger partial charge in [0, 0.05) is 12.0 Å². The molecule has 0 amide bonds. The number of halogens is 6. The Morgan fingerprint density at radius 1 is 1.04 bits per heavy atom. The van der Waals surface area contributed by atoms with E-state index in [-0.39, 0.29) is 5.75 Å². The standard InChI is InChI=1S/C13H12F6O5S2/c1-3-9-5-4-8(6-10(9)24-2)7-11(25(20,21)12(14,15)16)26(22,23)13(17,18)19/h3-6,11H,1,7H2,2H3. The SMILES string of the molecule is C=Cc1ccc(CC(S(=O)(=O)C(F)(F)F)S(=O)(=O)C(F)(F)F)cc1OC. The third kappa shape index (κ3) is 4.14. The maximum absolute atomic E-state index is 12.7. The van der Waals surface area contributed by atoms with Crippen LogP contribution in [0.15, 0.2) is 24.8 Å². The van der Waals surface area contributed by atoms with Gasteiger partial charge >= 0.3 is 11.0 Å². The molecule has 1 aromatic rings. The van der Waals surface area contributed by atoms with Crippen LogP contribution in [0, 0.1) is 0 Å². The van der Waals surface area contributed by atoms with Crippen LogP contribution in [-0.2, 0) is 26.1 Å². The quantitative estimate of drug-likeness (QED) is 0.654. The van der Waals surface area contributed by atoms with Crippen molar-refractivity contribution in [3.05, 3.63) is 35.9 Å². The minimum atomic E-state index is -6.68. The summed E-state index contributed by atoms with van der Waals surface area (Å²) in [4.78, 5) is 0. The fourth-order valence-electron chi connectivity index (χ4n) is 1.93. The van der Waals surface area contributed by atoms with Crippen molar-refractivity contribution in [2.45, 2.75) is 22.0 Å². The van der Waals surface area contributed by atoms with Crippen LogP contribution in [0.4, 0.5) is 26.3 Å². The summed E-state index contributed by atoms with van der Waals surface area (Å²) >= 11 is 0. The van der Waals surface area contributed by atoms with E-state index in [4.69, 9.17) is 4.74 Å². The van der Waals surface area contributed by atoms with Crippen molar-refractivity contribution in [1.82, 2.24) is 0 Å². The van der Waals surface area contributed by atoms with Crippen molar-refractivity contribution in [3.8, 4) is 5.75 Å². The molecule has 0 spiro atoms. The highest BCUT2D eigenvalue weighted by Crippen LogP contribution is 2.38. The second-order valence-corrected chi connectivity index (χ2v) is 9.44.